The quantitative estimate of drug-likeness (QED) is 0.788. The van der Waals surface area contributed by atoms with Gasteiger partial charge in [0.25, 0.3) is 0 Å². The van der Waals surface area contributed by atoms with Crippen LogP contribution in [0, 0.1) is 11.3 Å². The maximum absolute atomic E-state index is 8.85. The number of benzene rings is 1. The average molecular weight is 204 g/mol. The van der Waals surface area contributed by atoms with Crippen LogP contribution in [0.2, 0.25) is 0 Å². The molecular weight excluding hydrogens is 188 g/mol. The van der Waals surface area contributed by atoms with E-state index in [9.17, 15) is 0 Å². The van der Waals surface area contributed by atoms with E-state index in [-0.39, 0.29) is 6.61 Å². The minimum absolute atomic E-state index is 0.172. The molecule has 1 N–H and O–H groups in total. The molecule has 1 aromatic carbocycles. The first kappa shape index (κ1) is 11.7. The molecular formula is C12H16N2O. The Morgan fingerprint density at radius 2 is 2.27 bits per heavy atom. The first-order valence-corrected chi connectivity index (χ1v) is 5.12. The molecule has 0 aliphatic carbocycles. The molecule has 0 aromatic heterocycles. The van der Waals surface area contributed by atoms with E-state index in [0.29, 0.717) is 12.1 Å². The van der Waals surface area contributed by atoms with Gasteiger partial charge in [-0.05, 0) is 24.2 Å². The van der Waals surface area contributed by atoms with Crippen molar-refractivity contribution in [3.05, 3.63) is 35.4 Å². The van der Waals surface area contributed by atoms with E-state index < -0.39 is 0 Å². The summed E-state index contributed by atoms with van der Waals surface area (Å²) in [6.45, 7) is 4.59. The lowest BCUT2D eigenvalue weighted by atomic mass is 10.1. The van der Waals surface area contributed by atoms with E-state index in [1.807, 2.05) is 18.2 Å². The van der Waals surface area contributed by atoms with Gasteiger partial charge in [-0.15, -0.1) is 0 Å². The maximum Gasteiger partial charge on any atom is 0.0991 e. The van der Waals surface area contributed by atoms with Gasteiger partial charge in [0.15, 0.2) is 0 Å². The van der Waals surface area contributed by atoms with Crippen molar-refractivity contribution in [1.82, 2.24) is 4.90 Å². The Hall–Kier alpha value is -1.37. The highest BCUT2D eigenvalue weighted by molar-refractivity contribution is 5.32. The van der Waals surface area contributed by atoms with Crippen LogP contribution in [0.4, 0.5) is 0 Å². The molecule has 0 radical (unpaired) electrons. The predicted octanol–water partition coefficient (Wildman–Crippen LogP) is 1.37. The molecule has 0 atom stereocenters. The van der Waals surface area contributed by atoms with E-state index in [1.54, 1.807) is 6.07 Å². The molecule has 0 aliphatic heterocycles. The van der Waals surface area contributed by atoms with Crippen LogP contribution in [-0.4, -0.2) is 29.7 Å². The summed E-state index contributed by atoms with van der Waals surface area (Å²) in [5, 5.41) is 17.6. The lowest BCUT2D eigenvalue weighted by Crippen LogP contribution is -2.26. The number of nitrogens with zero attached hydrogens (tertiary/aromatic N) is 2. The van der Waals surface area contributed by atoms with Gasteiger partial charge < -0.3 is 5.11 Å². The molecule has 1 aromatic rings. The van der Waals surface area contributed by atoms with E-state index in [1.165, 1.54) is 0 Å². The molecule has 1 rings (SSSR count). The van der Waals surface area contributed by atoms with Crippen molar-refractivity contribution in [2.75, 3.05) is 19.7 Å². The standard InChI is InChI=1S/C12H16N2O/c1-2-14(6-7-15)10-12-5-3-4-11(8-12)9-13/h3-5,8,15H,2,6-7,10H2,1H3. The highest BCUT2D eigenvalue weighted by Crippen LogP contribution is 2.07. The molecule has 3 heteroatoms. The monoisotopic (exact) mass is 204 g/mol. The summed E-state index contributed by atoms with van der Waals surface area (Å²) in [4.78, 5) is 2.14. The van der Waals surface area contributed by atoms with E-state index in [4.69, 9.17) is 10.4 Å². The molecule has 0 amide bonds. The zero-order chi connectivity index (χ0) is 11.1. The Balaban J connectivity index is 2.66. The summed E-state index contributed by atoms with van der Waals surface area (Å²) in [6, 6.07) is 9.70. The van der Waals surface area contributed by atoms with Crippen molar-refractivity contribution in [2.45, 2.75) is 13.5 Å². The lowest BCUT2D eigenvalue weighted by Gasteiger charge is -2.18. The van der Waals surface area contributed by atoms with Gasteiger partial charge in [0.05, 0.1) is 18.2 Å². The molecule has 0 bridgehead atoms. The Morgan fingerprint density at radius 3 is 2.87 bits per heavy atom. The first-order valence-electron chi connectivity index (χ1n) is 5.12. The van der Waals surface area contributed by atoms with Crippen molar-refractivity contribution >= 4 is 0 Å². The number of aliphatic hydroxyl groups excluding tert-OH is 1. The third kappa shape index (κ3) is 3.70. The number of aliphatic hydroxyl groups is 1. The van der Waals surface area contributed by atoms with Crippen molar-refractivity contribution in [1.29, 1.82) is 5.26 Å². The molecule has 0 unspecified atom stereocenters. The number of likely N-dealkylation sites (N-methyl/N-ethyl adjacent to an activating group) is 1. The average Bonchev–Trinajstić information content (AvgIpc) is 2.29. The third-order valence-electron chi connectivity index (χ3n) is 2.33. The van der Waals surface area contributed by atoms with E-state index in [2.05, 4.69) is 17.9 Å². The second-order valence-electron chi connectivity index (χ2n) is 3.40. The van der Waals surface area contributed by atoms with Gasteiger partial charge in [-0.2, -0.15) is 5.26 Å². The number of rotatable bonds is 5. The van der Waals surface area contributed by atoms with Crippen molar-refractivity contribution in [3.8, 4) is 6.07 Å². The van der Waals surface area contributed by atoms with Gasteiger partial charge >= 0.3 is 0 Å². The zero-order valence-electron chi connectivity index (χ0n) is 8.98. The normalized spacial score (nSPS) is 10.3. The Labute approximate surface area is 90.6 Å². The summed E-state index contributed by atoms with van der Waals surface area (Å²) in [7, 11) is 0. The zero-order valence-corrected chi connectivity index (χ0v) is 8.98. The smallest absolute Gasteiger partial charge is 0.0991 e. The Morgan fingerprint density at radius 1 is 1.47 bits per heavy atom. The fourth-order valence-corrected chi connectivity index (χ4v) is 1.49. The molecule has 0 spiro atoms. The van der Waals surface area contributed by atoms with Crippen LogP contribution < -0.4 is 0 Å². The van der Waals surface area contributed by atoms with Crippen molar-refractivity contribution in [2.24, 2.45) is 0 Å². The SMILES string of the molecule is CCN(CCO)Cc1cccc(C#N)c1. The summed E-state index contributed by atoms with van der Waals surface area (Å²) < 4.78 is 0. The van der Waals surface area contributed by atoms with Crippen LogP contribution in [0.25, 0.3) is 0 Å². The molecule has 80 valence electrons. The fourth-order valence-electron chi connectivity index (χ4n) is 1.49. The minimum Gasteiger partial charge on any atom is -0.395 e. The van der Waals surface area contributed by atoms with Crippen LogP contribution in [-0.2, 0) is 6.54 Å². The number of hydrogen-bond acceptors (Lipinski definition) is 3. The summed E-state index contributed by atoms with van der Waals surface area (Å²) in [6.07, 6.45) is 0. The van der Waals surface area contributed by atoms with Crippen LogP contribution >= 0.6 is 0 Å². The summed E-state index contributed by atoms with van der Waals surface area (Å²) in [5.74, 6) is 0. The van der Waals surface area contributed by atoms with Crippen LogP contribution in [0.1, 0.15) is 18.1 Å². The number of hydrogen-bond donors (Lipinski definition) is 1. The second-order valence-corrected chi connectivity index (χ2v) is 3.40. The topological polar surface area (TPSA) is 47.3 Å². The van der Waals surface area contributed by atoms with E-state index in [0.717, 1.165) is 18.7 Å². The predicted molar refractivity (Wildman–Crippen MR) is 59.2 cm³/mol. The molecule has 0 saturated heterocycles. The van der Waals surface area contributed by atoms with Crippen molar-refractivity contribution < 1.29 is 5.11 Å². The molecule has 0 fully saturated rings. The first-order chi connectivity index (χ1) is 7.30. The van der Waals surface area contributed by atoms with Crippen LogP contribution in [0.15, 0.2) is 24.3 Å². The molecule has 0 saturated carbocycles. The fraction of sp³-hybridized carbons (Fsp3) is 0.417. The largest absolute Gasteiger partial charge is 0.395 e. The molecule has 15 heavy (non-hydrogen) atoms. The molecule has 0 heterocycles. The molecule has 3 nitrogen and oxygen atoms in total. The highest BCUT2D eigenvalue weighted by atomic mass is 16.3. The Kier molecular flexibility index (Phi) is 4.82. The van der Waals surface area contributed by atoms with Gasteiger partial charge in [0.1, 0.15) is 0 Å². The summed E-state index contributed by atoms with van der Waals surface area (Å²) in [5.41, 5.74) is 1.80. The van der Waals surface area contributed by atoms with Gasteiger partial charge in [-0.1, -0.05) is 19.1 Å². The Bertz CT molecular complexity index is 344. The van der Waals surface area contributed by atoms with Gasteiger partial charge in [-0.25, -0.2) is 0 Å². The summed E-state index contributed by atoms with van der Waals surface area (Å²) >= 11 is 0. The minimum atomic E-state index is 0.172. The van der Waals surface area contributed by atoms with Crippen LogP contribution in [0.3, 0.4) is 0 Å². The van der Waals surface area contributed by atoms with E-state index >= 15 is 0 Å². The molecule has 0 aliphatic rings. The van der Waals surface area contributed by atoms with Gasteiger partial charge in [0.2, 0.25) is 0 Å². The third-order valence-corrected chi connectivity index (χ3v) is 2.33. The van der Waals surface area contributed by atoms with Gasteiger partial charge in [-0.3, -0.25) is 4.90 Å². The highest BCUT2D eigenvalue weighted by Gasteiger charge is 2.03. The van der Waals surface area contributed by atoms with Crippen molar-refractivity contribution in [3.63, 3.8) is 0 Å². The number of nitriles is 1. The maximum atomic E-state index is 8.85. The van der Waals surface area contributed by atoms with Crippen LogP contribution in [0.5, 0.6) is 0 Å². The van der Waals surface area contributed by atoms with Gasteiger partial charge in [0, 0.05) is 13.1 Å². The lowest BCUT2D eigenvalue weighted by molar-refractivity contribution is 0.197. The second kappa shape index (κ2) is 6.18.